The summed E-state index contributed by atoms with van der Waals surface area (Å²) in [6.07, 6.45) is 0. The van der Waals surface area contributed by atoms with E-state index in [-0.39, 0.29) is 5.75 Å². The van der Waals surface area contributed by atoms with Gasteiger partial charge < -0.3 is 29.1 Å². The number of aromatic hydroxyl groups is 1. The van der Waals surface area contributed by atoms with Gasteiger partial charge in [0, 0.05) is 17.3 Å². The number of fused-ring (bicyclic) bond motifs is 1. The Balaban J connectivity index is 1.62. The van der Waals surface area contributed by atoms with Crippen LogP contribution in [-0.2, 0) is 0 Å². The summed E-state index contributed by atoms with van der Waals surface area (Å²) in [4.78, 5) is 17.3. The van der Waals surface area contributed by atoms with Gasteiger partial charge in [-0.2, -0.15) is 0 Å². The third kappa shape index (κ3) is 4.15. The molecule has 0 bridgehead atoms. The van der Waals surface area contributed by atoms with E-state index in [9.17, 15) is 9.90 Å². The Morgan fingerprint density at radius 1 is 0.970 bits per heavy atom. The van der Waals surface area contributed by atoms with Crippen LogP contribution < -0.4 is 19.5 Å². The molecule has 1 heterocycles. The molecule has 0 aliphatic carbocycles. The summed E-state index contributed by atoms with van der Waals surface area (Å²) in [6.45, 7) is 3.94. The Kier molecular flexibility index (Phi) is 5.83. The highest BCUT2D eigenvalue weighted by molar-refractivity contribution is 6.05. The van der Waals surface area contributed by atoms with E-state index in [0.29, 0.717) is 45.5 Å². The van der Waals surface area contributed by atoms with Crippen molar-refractivity contribution in [1.29, 1.82) is 0 Å². The van der Waals surface area contributed by atoms with E-state index >= 15 is 0 Å². The van der Waals surface area contributed by atoms with Crippen LogP contribution in [0, 0.1) is 13.8 Å². The first-order valence-electron chi connectivity index (χ1n) is 10.2. The van der Waals surface area contributed by atoms with Crippen molar-refractivity contribution in [3.8, 4) is 34.5 Å². The van der Waals surface area contributed by atoms with Crippen LogP contribution in [0.5, 0.6) is 23.0 Å². The van der Waals surface area contributed by atoms with Gasteiger partial charge in [-0.3, -0.25) is 4.79 Å². The molecule has 0 saturated carbocycles. The number of aryl methyl sites for hydroxylation is 2. The van der Waals surface area contributed by atoms with Crippen molar-refractivity contribution < 1.29 is 28.5 Å². The second-order valence-electron chi connectivity index (χ2n) is 7.55. The Hall–Kier alpha value is -4.20. The normalized spacial score (nSPS) is 10.8. The molecule has 8 nitrogen and oxygen atoms in total. The number of ether oxygens (including phenoxy) is 3. The van der Waals surface area contributed by atoms with Gasteiger partial charge in [0.05, 0.1) is 26.9 Å². The van der Waals surface area contributed by atoms with Crippen LogP contribution in [0.1, 0.15) is 21.5 Å². The average molecular weight is 448 g/mol. The van der Waals surface area contributed by atoms with Gasteiger partial charge >= 0.3 is 0 Å². The van der Waals surface area contributed by atoms with Crippen molar-refractivity contribution in [2.75, 3.05) is 26.6 Å². The standard InChI is InChI=1S/C25H24N2O6/c1-13-8-14(2)22-18(9-13)27-25(33-22)17-7-6-16(12-19(17)28)26-24(29)15-10-20(30-3)23(32-5)21(11-15)31-4/h6-12,28H,1-5H3,(H,26,29). The zero-order valence-electron chi connectivity index (χ0n) is 19.0. The average Bonchev–Trinajstić information content (AvgIpc) is 3.22. The smallest absolute Gasteiger partial charge is 0.255 e. The van der Waals surface area contributed by atoms with Crippen molar-refractivity contribution in [3.63, 3.8) is 0 Å². The number of rotatable bonds is 6. The maximum absolute atomic E-state index is 12.8. The maximum Gasteiger partial charge on any atom is 0.255 e. The predicted molar refractivity (Wildman–Crippen MR) is 125 cm³/mol. The number of nitrogens with zero attached hydrogens (tertiary/aromatic N) is 1. The summed E-state index contributed by atoms with van der Waals surface area (Å²) < 4.78 is 21.8. The van der Waals surface area contributed by atoms with Gasteiger partial charge in [-0.05, 0) is 55.3 Å². The highest BCUT2D eigenvalue weighted by atomic mass is 16.5. The number of phenolic OH excluding ortho intramolecular Hbond substituents is 1. The second-order valence-corrected chi connectivity index (χ2v) is 7.55. The van der Waals surface area contributed by atoms with E-state index in [1.54, 1.807) is 24.3 Å². The van der Waals surface area contributed by atoms with Gasteiger partial charge in [-0.1, -0.05) is 6.07 Å². The number of nitrogens with one attached hydrogen (secondary N) is 1. The van der Waals surface area contributed by atoms with E-state index in [1.807, 2.05) is 26.0 Å². The van der Waals surface area contributed by atoms with Crippen molar-refractivity contribution in [1.82, 2.24) is 4.98 Å². The van der Waals surface area contributed by atoms with Gasteiger partial charge in [0.1, 0.15) is 11.3 Å². The van der Waals surface area contributed by atoms with E-state index in [0.717, 1.165) is 16.6 Å². The number of aromatic nitrogens is 1. The van der Waals surface area contributed by atoms with Crippen LogP contribution in [0.4, 0.5) is 5.69 Å². The Labute approximate surface area is 190 Å². The Morgan fingerprint density at radius 2 is 1.67 bits per heavy atom. The highest BCUT2D eigenvalue weighted by Crippen LogP contribution is 2.39. The van der Waals surface area contributed by atoms with E-state index in [4.69, 9.17) is 18.6 Å². The third-order valence-corrected chi connectivity index (χ3v) is 5.23. The summed E-state index contributed by atoms with van der Waals surface area (Å²) in [5.74, 6) is 0.942. The fourth-order valence-electron chi connectivity index (χ4n) is 3.70. The van der Waals surface area contributed by atoms with Gasteiger partial charge in [0.25, 0.3) is 5.91 Å². The predicted octanol–water partition coefficient (Wildman–Crippen LogP) is 5.10. The zero-order chi connectivity index (χ0) is 23.7. The lowest BCUT2D eigenvalue weighted by Crippen LogP contribution is -2.12. The molecule has 0 unspecified atom stereocenters. The van der Waals surface area contributed by atoms with Gasteiger partial charge in [0.15, 0.2) is 17.1 Å². The number of hydrogen-bond donors (Lipinski definition) is 2. The lowest BCUT2D eigenvalue weighted by Gasteiger charge is -2.14. The molecule has 0 aliphatic rings. The molecule has 4 aromatic rings. The number of anilines is 1. The topological polar surface area (TPSA) is 103 Å². The minimum atomic E-state index is -0.408. The van der Waals surface area contributed by atoms with Crippen molar-refractivity contribution in [3.05, 3.63) is 59.2 Å². The van der Waals surface area contributed by atoms with Crippen LogP contribution in [0.25, 0.3) is 22.6 Å². The molecule has 1 aromatic heterocycles. The first kappa shape index (κ1) is 22.0. The fraction of sp³-hybridized carbons (Fsp3) is 0.200. The molecule has 0 atom stereocenters. The molecule has 0 aliphatic heterocycles. The number of amides is 1. The number of carbonyl (C=O) groups excluding carboxylic acids is 1. The first-order valence-corrected chi connectivity index (χ1v) is 10.2. The lowest BCUT2D eigenvalue weighted by molar-refractivity contribution is 0.102. The second kappa shape index (κ2) is 8.74. The summed E-state index contributed by atoms with van der Waals surface area (Å²) in [5.41, 5.74) is 4.58. The number of benzene rings is 3. The Morgan fingerprint density at radius 3 is 2.27 bits per heavy atom. The fourth-order valence-corrected chi connectivity index (χ4v) is 3.70. The van der Waals surface area contributed by atoms with E-state index < -0.39 is 5.91 Å². The molecule has 33 heavy (non-hydrogen) atoms. The van der Waals surface area contributed by atoms with Crippen molar-refractivity contribution >= 4 is 22.7 Å². The number of methoxy groups -OCH3 is 3. The van der Waals surface area contributed by atoms with Gasteiger partial charge in [-0.25, -0.2) is 4.98 Å². The molecule has 8 heteroatoms. The molecule has 170 valence electrons. The quantitative estimate of drug-likeness (QED) is 0.423. The van der Waals surface area contributed by atoms with E-state index in [1.165, 1.54) is 27.4 Å². The molecular formula is C25H24N2O6. The maximum atomic E-state index is 12.8. The van der Waals surface area contributed by atoms with Gasteiger partial charge in [-0.15, -0.1) is 0 Å². The van der Waals surface area contributed by atoms with Crippen molar-refractivity contribution in [2.45, 2.75) is 13.8 Å². The molecular weight excluding hydrogens is 424 g/mol. The van der Waals surface area contributed by atoms with Crippen molar-refractivity contribution in [2.24, 2.45) is 0 Å². The number of carbonyl (C=O) groups is 1. The summed E-state index contributed by atoms with van der Waals surface area (Å²) >= 11 is 0. The molecule has 2 N–H and O–H groups in total. The molecule has 3 aromatic carbocycles. The number of oxazole rings is 1. The van der Waals surface area contributed by atoms with Crippen LogP contribution >= 0.6 is 0 Å². The van der Waals surface area contributed by atoms with Crippen LogP contribution in [-0.4, -0.2) is 37.3 Å². The monoisotopic (exact) mass is 448 g/mol. The van der Waals surface area contributed by atoms with Crippen LogP contribution in [0.3, 0.4) is 0 Å². The summed E-state index contributed by atoms with van der Waals surface area (Å²) in [7, 11) is 4.44. The highest BCUT2D eigenvalue weighted by Gasteiger charge is 2.18. The molecule has 0 fully saturated rings. The largest absolute Gasteiger partial charge is 0.507 e. The number of hydrogen-bond acceptors (Lipinski definition) is 7. The molecule has 0 radical (unpaired) electrons. The van der Waals surface area contributed by atoms with Gasteiger partial charge in [0.2, 0.25) is 11.6 Å². The lowest BCUT2D eigenvalue weighted by atomic mass is 10.1. The molecule has 0 spiro atoms. The van der Waals surface area contributed by atoms with Crippen LogP contribution in [0.2, 0.25) is 0 Å². The molecule has 1 amide bonds. The Bertz CT molecular complexity index is 1330. The summed E-state index contributed by atoms with van der Waals surface area (Å²) in [6, 6.07) is 11.8. The SMILES string of the molecule is COc1cc(C(=O)Nc2ccc(-c3nc4cc(C)cc(C)c4o3)c(O)c2)cc(OC)c1OC. The minimum absolute atomic E-state index is 0.0707. The number of phenols is 1. The molecule has 4 rings (SSSR count). The zero-order valence-corrected chi connectivity index (χ0v) is 19.0. The summed E-state index contributed by atoms with van der Waals surface area (Å²) in [5, 5.41) is 13.4. The van der Waals surface area contributed by atoms with Crippen LogP contribution in [0.15, 0.2) is 46.9 Å². The third-order valence-electron chi connectivity index (χ3n) is 5.23. The molecule has 0 saturated heterocycles. The minimum Gasteiger partial charge on any atom is -0.507 e. The first-order chi connectivity index (χ1) is 15.8. The van der Waals surface area contributed by atoms with E-state index in [2.05, 4.69) is 10.3 Å².